The molecule has 3 fully saturated rings. The molecule has 3 rings (SSSR count). The van der Waals surface area contributed by atoms with Crippen LogP contribution in [0.15, 0.2) is 0 Å². The van der Waals surface area contributed by atoms with Gasteiger partial charge in [-0.2, -0.15) is 0 Å². The first kappa shape index (κ1) is 12.2. The van der Waals surface area contributed by atoms with Crippen LogP contribution in [0.25, 0.3) is 0 Å². The average Bonchev–Trinajstić information content (AvgIpc) is 2.28. The zero-order chi connectivity index (χ0) is 11.9. The van der Waals surface area contributed by atoms with Crippen molar-refractivity contribution < 1.29 is 5.11 Å². The van der Waals surface area contributed by atoms with E-state index in [0.717, 1.165) is 17.2 Å². The van der Waals surface area contributed by atoms with E-state index in [1.54, 1.807) is 0 Å². The van der Waals surface area contributed by atoms with Crippen LogP contribution in [-0.2, 0) is 0 Å². The molecule has 2 nitrogen and oxygen atoms in total. The third-order valence-corrected chi connectivity index (χ3v) is 6.34. The second kappa shape index (κ2) is 4.39. The molecule has 2 saturated carbocycles. The molecule has 2 atom stereocenters. The van der Waals surface area contributed by atoms with E-state index in [4.69, 9.17) is 12.2 Å². The fourth-order valence-corrected chi connectivity index (χ4v) is 6.03. The monoisotopic (exact) mass is 271 g/mol. The molecule has 1 saturated heterocycles. The highest BCUT2D eigenvalue weighted by molar-refractivity contribution is 8.23. The Hall–Kier alpha value is 0.200. The maximum absolute atomic E-state index is 10.9. The summed E-state index contributed by atoms with van der Waals surface area (Å²) in [5, 5.41) is 14.5. The Labute approximate surface area is 113 Å². The smallest absolute Gasteiger partial charge is 0.136 e. The highest BCUT2D eigenvalue weighted by Crippen LogP contribution is 2.54. The van der Waals surface area contributed by atoms with Crippen LogP contribution >= 0.6 is 24.0 Å². The third kappa shape index (κ3) is 2.02. The lowest BCUT2D eigenvalue weighted by Crippen LogP contribution is -2.65. The van der Waals surface area contributed by atoms with E-state index in [1.807, 2.05) is 0 Å². The second-order valence-corrected chi connectivity index (χ2v) is 7.86. The van der Waals surface area contributed by atoms with Crippen LogP contribution in [-0.4, -0.2) is 19.9 Å². The number of thioether (sulfide) groups is 1. The van der Waals surface area contributed by atoms with Crippen molar-refractivity contribution in [3.8, 4) is 0 Å². The van der Waals surface area contributed by atoms with Crippen LogP contribution in [0.4, 0.5) is 0 Å². The highest BCUT2D eigenvalue weighted by atomic mass is 32.2. The summed E-state index contributed by atoms with van der Waals surface area (Å²) >= 11 is 6.91. The largest absolute Gasteiger partial charge is 0.379 e. The van der Waals surface area contributed by atoms with Crippen molar-refractivity contribution in [2.75, 3.05) is 0 Å². The fourth-order valence-electron chi connectivity index (χ4n) is 4.09. The number of hydrogen-bond acceptors (Lipinski definition) is 3. The quantitative estimate of drug-likeness (QED) is 0.663. The van der Waals surface area contributed by atoms with Crippen molar-refractivity contribution in [2.24, 2.45) is 5.92 Å². The lowest BCUT2D eigenvalue weighted by atomic mass is 9.66. The van der Waals surface area contributed by atoms with Crippen molar-refractivity contribution in [3.05, 3.63) is 0 Å². The number of aliphatic hydroxyl groups is 1. The normalized spacial score (nSPS) is 40.8. The van der Waals surface area contributed by atoms with Gasteiger partial charge in [-0.25, -0.2) is 0 Å². The van der Waals surface area contributed by atoms with Gasteiger partial charge in [-0.1, -0.05) is 49.7 Å². The van der Waals surface area contributed by atoms with Gasteiger partial charge in [0.15, 0.2) is 0 Å². The molecule has 0 amide bonds. The number of hydrogen-bond donors (Lipinski definition) is 2. The van der Waals surface area contributed by atoms with Gasteiger partial charge < -0.3 is 10.4 Å². The van der Waals surface area contributed by atoms with Crippen molar-refractivity contribution in [1.29, 1.82) is 0 Å². The molecule has 3 aliphatic rings. The van der Waals surface area contributed by atoms with Gasteiger partial charge in [-0.15, -0.1) is 0 Å². The molecule has 4 heteroatoms. The third-order valence-electron chi connectivity index (χ3n) is 4.86. The SMILES string of the molecule is OC12CCCCC1C1(CCCCC1)NC(=S)S2. The topological polar surface area (TPSA) is 32.3 Å². The van der Waals surface area contributed by atoms with Crippen molar-refractivity contribution in [3.63, 3.8) is 0 Å². The molecule has 17 heavy (non-hydrogen) atoms. The standard InChI is InChI=1S/C13H21NOS2/c15-13-9-5-2-6-10(13)12(14-11(16)17-13)7-3-1-4-8-12/h10,15H,1-9H2,(H,14,16). The first-order chi connectivity index (χ1) is 8.15. The van der Waals surface area contributed by atoms with E-state index in [-0.39, 0.29) is 5.54 Å². The lowest BCUT2D eigenvalue weighted by molar-refractivity contribution is -0.0257. The van der Waals surface area contributed by atoms with Gasteiger partial charge >= 0.3 is 0 Å². The minimum atomic E-state index is -0.572. The highest BCUT2D eigenvalue weighted by Gasteiger charge is 2.55. The summed E-state index contributed by atoms with van der Waals surface area (Å²) in [6, 6.07) is 0. The number of fused-ring (bicyclic) bond motifs is 2. The van der Waals surface area contributed by atoms with Crippen LogP contribution in [0.2, 0.25) is 0 Å². The maximum atomic E-state index is 10.9. The van der Waals surface area contributed by atoms with Gasteiger partial charge in [-0.3, -0.25) is 0 Å². The molecule has 0 bridgehead atoms. The van der Waals surface area contributed by atoms with Crippen LogP contribution in [0.5, 0.6) is 0 Å². The molecule has 0 aromatic carbocycles. The van der Waals surface area contributed by atoms with Crippen molar-refractivity contribution in [2.45, 2.75) is 68.3 Å². The summed E-state index contributed by atoms with van der Waals surface area (Å²) in [5.74, 6) is 0.403. The molecule has 2 aliphatic carbocycles. The molecular weight excluding hydrogens is 250 g/mol. The molecule has 1 aliphatic heterocycles. The van der Waals surface area contributed by atoms with Crippen LogP contribution in [0.3, 0.4) is 0 Å². The predicted octanol–water partition coefficient (Wildman–Crippen LogP) is 3.19. The summed E-state index contributed by atoms with van der Waals surface area (Å²) in [5.41, 5.74) is 0.121. The summed E-state index contributed by atoms with van der Waals surface area (Å²) in [6.45, 7) is 0. The molecule has 0 aromatic rings. The summed E-state index contributed by atoms with van der Waals surface area (Å²) in [4.78, 5) is -0.572. The van der Waals surface area contributed by atoms with E-state index >= 15 is 0 Å². The molecule has 2 N–H and O–H groups in total. The lowest BCUT2D eigenvalue weighted by Gasteiger charge is -2.56. The van der Waals surface area contributed by atoms with Gasteiger partial charge in [0.1, 0.15) is 9.25 Å². The predicted molar refractivity (Wildman–Crippen MR) is 76.0 cm³/mol. The van der Waals surface area contributed by atoms with Crippen molar-refractivity contribution in [1.82, 2.24) is 5.32 Å². The molecular formula is C13H21NOS2. The first-order valence-electron chi connectivity index (χ1n) is 6.88. The molecule has 2 unspecified atom stereocenters. The van der Waals surface area contributed by atoms with Gasteiger partial charge in [0, 0.05) is 11.5 Å². The molecule has 0 aromatic heterocycles. The van der Waals surface area contributed by atoms with E-state index < -0.39 is 4.93 Å². The second-order valence-electron chi connectivity index (χ2n) is 5.87. The Morgan fingerprint density at radius 2 is 1.82 bits per heavy atom. The zero-order valence-corrected chi connectivity index (χ0v) is 11.8. The summed E-state index contributed by atoms with van der Waals surface area (Å²) < 4.78 is 0.826. The Kier molecular flexibility index (Phi) is 3.16. The van der Waals surface area contributed by atoms with E-state index in [9.17, 15) is 5.11 Å². The molecule has 1 heterocycles. The van der Waals surface area contributed by atoms with Crippen LogP contribution in [0, 0.1) is 5.92 Å². The Morgan fingerprint density at radius 3 is 2.59 bits per heavy atom. The van der Waals surface area contributed by atoms with Gasteiger partial charge in [0.2, 0.25) is 0 Å². The minimum Gasteiger partial charge on any atom is -0.379 e. The van der Waals surface area contributed by atoms with Gasteiger partial charge in [0.25, 0.3) is 0 Å². The number of rotatable bonds is 0. The molecule has 0 radical (unpaired) electrons. The number of nitrogens with one attached hydrogen (secondary N) is 1. The van der Waals surface area contributed by atoms with E-state index in [1.165, 1.54) is 56.7 Å². The first-order valence-corrected chi connectivity index (χ1v) is 8.11. The molecule has 1 spiro atoms. The van der Waals surface area contributed by atoms with Gasteiger partial charge in [0.05, 0.1) is 0 Å². The molecule has 96 valence electrons. The average molecular weight is 271 g/mol. The minimum absolute atomic E-state index is 0.121. The zero-order valence-electron chi connectivity index (χ0n) is 10.2. The Bertz CT molecular complexity index is 327. The summed E-state index contributed by atoms with van der Waals surface area (Å²) in [6.07, 6.45) is 10.8. The Morgan fingerprint density at radius 1 is 1.12 bits per heavy atom. The number of thiocarbonyl (C=S) groups is 1. The van der Waals surface area contributed by atoms with Gasteiger partial charge in [-0.05, 0) is 32.1 Å². The Balaban J connectivity index is 1.93. The van der Waals surface area contributed by atoms with E-state index in [2.05, 4.69) is 5.32 Å². The van der Waals surface area contributed by atoms with Crippen LogP contribution < -0.4 is 5.32 Å². The van der Waals surface area contributed by atoms with E-state index in [0.29, 0.717) is 5.92 Å². The van der Waals surface area contributed by atoms with Crippen molar-refractivity contribution >= 4 is 28.3 Å². The fraction of sp³-hybridized carbons (Fsp3) is 0.923. The summed E-state index contributed by atoms with van der Waals surface area (Å²) in [7, 11) is 0. The maximum Gasteiger partial charge on any atom is 0.136 e. The van der Waals surface area contributed by atoms with Crippen LogP contribution in [0.1, 0.15) is 57.8 Å².